The van der Waals surface area contributed by atoms with Crippen LogP contribution in [0, 0.1) is 0 Å². The molecule has 4 rings (SSSR count). The normalized spacial score (nSPS) is 18.9. The SMILES string of the molecule is C[C@@H](Sc1nncn1C1CC1)C(=O)Nc1ccc(S(=O)(=O)N2CCCC2)cc1. The van der Waals surface area contributed by atoms with Gasteiger partial charge in [-0.3, -0.25) is 4.79 Å². The molecule has 1 atom stereocenters. The molecule has 2 fully saturated rings. The number of benzene rings is 1. The summed E-state index contributed by atoms with van der Waals surface area (Å²) in [5, 5.41) is 11.3. The molecule has 1 amide bonds. The first kappa shape index (κ1) is 19.4. The Balaban J connectivity index is 1.38. The van der Waals surface area contributed by atoms with Gasteiger partial charge in [-0.05, 0) is 56.9 Å². The standard InChI is InChI=1S/C18H23N5O3S2/c1-13(27-18-21-19-12-23(18)15-6-7-15)17(24)20-14-4-8-16(9-5-14)28(25,26)22-10-2-3-11-22/h4-5,8-9,12-13,15H,2-3,6-7,10-11H2,1H3,(H,20,24)/t13-/m1/s1. The van der Waals surface area contributed by atoms with Crippen LogP contribution in [-0.2, 0) is 14.8 Å². The number of carbonyl (C=O) groups is 1. The molecule has 150 valence electrons. The fraction of sp³-hybridized carbons (Fsp3) is 0.500. The van der Waals surface area contributed by atoms with Crippen LogP contribution in [0.1, 0.15) is 38.6 Å². The second kappa shape index (κ2) is 7.84. The van der Waals surface area contributed by atoms with E-state index in [-0.39, 0.29) is 16.1 Å². The van der Waals surface area contributed by atoms with Crippen LogP contribution in [0.5, 0.6) is 0 Å². The summed E-state index contributed by atoms with van der Waals surface area (Å²) in [6.07, 6.45) is 5.76. The van der Waals surface area contributed by atoms with Crippen molar-refractivity contribution in [1.29, 1.82) is 0 Å². The minimum absolute atomic E-state index is 0.162. The van der Waals surface area contributed by atoms with Crippen LogP contribution in [0.2, 0.25) is 0 Å². The lowest BCUT2D eigenvalue weighted by atomic mass is 10.3. The van der Waals surface area contributed by atoms with Crippen LogP contribution < -0.4 is 5.32 Å². The topological polar surface area (TPSA) is 97.2 Å². The van der Waals surface area contributed by atoms with E-state index in [0.717, 1.165) is 30.8 Å². The van der Waals surface area contributed by atoms with Gasteiger partial charge in [-0.2, -0.15) is 4.31 Å². The lowest BCUT2D eigenvalue weighted by molar-refractivity contribution is -0.115. The van der Waals surface area contributed by atoms with Gasteiger partial charge in [-0.15, -0.1) is 10.2 Å². The Labute approximate surface area is 168 Å². The second-order valence-corrected chi connectivity index (χ2v) is 10.4. The number of aromatic nitrogens is 3. The number of nitrogens with zero attached hydrogens (tertiary/aromatic N) is 4. The van der Waals surface area contributed by atoms with Crippen molar-refractivity contribution in [1.82, 2.24) is 19.1 Å². The maximum Gasteiger partial charge on any atom is 0.243 e. The maximum absolute atomic E-state index is 12.6. The van der Waals surface area contributed by atoms with Gasteiger partial charge >= 0.3 is 0 Å². The smallest absolute Gasteiger partial charge is 0.243 e. The maximum atomic E-state index is 12.6. The minimum Gasteiger partial charge on any atom is -0.325 e. The fourth-order valence-corrected chi connectivity index (χ4v) is 5.57. The number of hydrogen-bond donors (Lipinski definition) is 1. The summed E-state index contributed by atoms with van der Waals surface area (Å²) in [6, 6.07) is 6.81. The quantitative estimate of drug-likeness (QED) is 0.690. The van der Waals surface area contributed by atoms with Crippen molar-refractivity contribution < 1.29 is 13.2 Å². The van der Waals surface area contributed by atoms with Crippen molar-refractivity contribution >= 4 is 33.4 Å². The third kappa shape index (κ3) is 4.08. The van der Waals surface area contributed by atoms with Crippen LogP contribution in [-0.4, -0.2) is 51.7 Å². The van der Waals surface area contributed by atoms with Gasteiger partial charge in [0.1, 0.15) is 6.33 Å². The lowest BCUT2D eigenvalue weighted by Gasteiger charge is -2.16. The van der Waals surface area contributed by atoms with E-state index in [1.807, 2.05) is 11.5 Å². The second-order valence-electron chi connectivity index (χ2n) is 7.14. The highest BCUT2D eigenvalue weighted by molar-refractivity contribution is 8.00. The first-order valence-electron chi connectivity index (χ1n) is 9.42. The van der Waals surface area contributed by atoms with Gasteiger partial charge in [0.2, 0.25) is 15.9 Å². The van der Waals surface area contributed by atoms with Crippen LogP contribution in [0.25, 0.3) is 0 Å². The summed E-state index contributed by atoms with van der Waals surface area (Å²) in [5.74, 6) is -0.162. The Morgan fingerprint density at radius 1 is 1.21 bits per heavy atom. The van der Waals surface area contributed by atoms with Crippen molar-refractivity contribution in [2.45, 2.75) is 54.0 Å². The van der Waals surface area contributed by atoms with E-state index in [0.29, 0.717) is 24.8 Å². The van der Waals surface area contributed by atoms with E-state index in [1.165, 1.54) is 16.1 Å². The Morgan fingerprint density at radius 2 is 1.89 bits per heavy atom. The summed E-state index contributed by atoms with van der Waals surface area (Å²) in [4.78, 5) is 12.8. The van der Waals surface area contributed by atoms with Gasteiger partial charge in [-0.25, -0.2) is 8.42 Å². The summed E-state index contributed by atoms with van der Waals surface area (Å²) in [5.41, 5.74) is 0.571. The van der Waals surface area contributed by atoms with Gasteiger partial charge in [-0.1, -0.05) is 11.8 Å². The molecule has 0 unspecified atom stereocenters. The monoisotopic (exact) mass is 421 g/mol. The number of anilines is 1. The largest absolute Gasteiger partial charge is 0.325 e. The zero-order valence-electron chi connectivity index (χ0n) is 15.6. The van der Waals surface area contributed by atoms with Crippen molar-refractivity contribution in [2.24, 2.45) is 0 Å². The van der Waals surface area contributed by atoms with Gasteiger partial charge in [0.05, 0.1) is 10.1 Å². The predicted molar refractivity (Wildman–Crippen MR) is 107 cm³/mol. The van der Waals surface area contributed by atoms with E-state index in [1.54, 1.807) is 30.6 Å². The molecule has 0 bridgehead atoms. The van der Waals surface area contributed by atoms with E-state index < -0.39 is 10.0 Å². The number of nitrogens with one attached hydrogen (secondary N) is 1. The zero-order chi connectivity index (χ0) is 19.7. The summed E-state index contributed by atoms with van der Waals surface area (Å²) in [6.45, 7) is 2.96. The molecule has 2 aliphatic rings. The van der Waals surface area contributed by atoms with Gasteiger partial charge in [0, 0.05) is 24.8 Å². The number of carbonyl (C=O) groups excluding carboxylic acids is 1. The van der Waals surface area contributed by atoms with E-state index in [4.69, 9.17) is 0 Å². The molecule has 28 heavy (non-hydrogen) atoms. The summed E-state index contributed by atoms with van der Waals surface area (Å²) in [7, 11) is -3.44. The molecule has 1 N–H and O–H groups in total. The molecule has 1 saturated heterocycles. The third-order valence-corrected chi connectivity index (χ3v) is 7.94. The molecule has 0 spiro atoms. The Morgan fingerprint density at radius 3 is 2.54 bits per heavy atom. The van der Waals surface area contributed by atoms with Crippen LogP contribution in [0.3, 0.4) is 0 Å². The number of rotatable bonds is 7. The Kier molecular flexibility index (Phi) is 5.44. The molecule has 1 saturated carbocycles. The minimum atomic E-state index is -3.44. The number of sulfonamides is 1. The molecule has 2 aromatic rings. The summed E-state index contributed by atoms with van der Waals surface area (Å²) >= 11 is 1.37. The highest BCUT2D eigenvalue weighted by Gasteiger charge is 2.29. The van der Waals surface area contributed by atoms with Gasteiger partial charge in [0.25, 0.3) is 0 Å². The highest BCUT2D eigenvalue weighted by atomic mass is 32.2. The van der Waals surface area contributed by atoms with Crippen molar-refractivity contribution in [3.63, 3.8) is 0 Å². The van der Waals surface area contributed by atoms with E-state index >= 15 is 0 Å². The van der Waals surface area contributed by atoms with Crippen LogP contribution >= 0.6 is 11.8 Å². The summed E-state index contributed by atoms with van der Waals surface area (Å²) < 4.78 is 28.7. The van der Waals surface area contributed by atoms with Crippen molar-refractivity contribution in [3.05, 3.63) is 30.6 Å². The van der Waals surface area contributed by atoms with Gasteiger partial charge < -0.3 is 9.88 Å². The third-order valence-electron chi connectivity index (χ3n) is 4.96. The molecule has 1 aliphatic heterocycles. The lowest BCUT2D eigenvalue weighted by Crippen LogP contribution is -2.27. The average Bonchev–Trinajstić information content (AvgIpc) is 3.17. The number of thioether (sulfide) groups is 1. The Bertz CT molecular complexity index is 948. The van der Waals surface area contributed by atoms with E-state index in [2.05, 4.69) is 15.5 Å². The van der Waals surface area contributed by atoms with Crippen molar-refractivity contribution in [2.75, 3.05) is 18.4 Å². The Hall–Kier alpha value is -1.91. The highest BCUT2D eigenvalue weighted by Crippen LogP contribution is 2.38. The zero-order valence-corrected chi connectivity index (χ0v) is 17.2. The first-order chi connectivity index (χ1) is 13.4. The first-order valence-corrected chi connectivity index (χ1v) is 11.7. The van der Waals surface area contributed by atoms with E-state index in [9.17, 15) is 13.2 Å². The molecular weight excluding hydrogens is 398 g/mol. The molecule has 0 radical (unpaired) electrons. The van der Waals surface area contributed by atoms with Crippen LogP contribution in [0.15, 0.2) is 40.6 Å². The van der Waals surface area contributed by atoms with Gasteiger partial charge in [0.15, 0.2) is 5.16 Å². The number of amides is 1. The van der Waals surface area contributed by atoms with Crippen molar-refractivity contribution in [3.8, 4) is 0 Å². The molecule has 1 aromatic heterocycles. The molecule has 2 heterocycles. The molecule has 1 aliphatic carbocycles. The molecule has 1 aromatic carbocycles. The predicted octanol–water partition coefficient (Wildman–Crippen LogP) is 2.52. The molecule has 10 heteroatoms. The number of hydrogen-bond acceptors (Lipinski definition) is 6. The fourth-order valence-electron chi connectivity index (χ4n) is 3.16. The molecule has 8 nitrogen and oxygen atoms in total. The average molecular weight is 422 g/mol. The van der Waals surface area contributed by atoms with Crippen LogP contribution in [0.4, 0.5) is 5.69 Å². The molecular formula is C18H23N5O3S2.